The largest absolute Gasteiger partial charge is 0.335 e. The van der Waals surface area contributed by atoms with E-state index in [9.17, 15) is 4.79 Å². The van der Waals surface area contributed by atoms with Crippen LogP contribution in [0.3, 0.4) is 0 Å². The van der Waals surface area contributed by atoms with Crippen LogP contribution in [0.5, 0.6) is 0 Å². The molecule has 1 aromatic carbocycles. The molecular weight excluding hydrogens is 316 g/mol. The molecule has 0 fully saturated rings. The number of nitrogens with one attached hydrogen (secondary N) is 3. The molecule has 128 valence electrons. The number of nitrogens with zero attached hydrogens (tertiary/aromatic N) is 3. The van der Waals surface area contributed by atoms with Gasteiger partial charge >= 0.3 is 6.03 Å². The Kier molecular flexibility index (Phi) is 3.97. The zero-order valence-electron chi connectivity index (χ0n) is 14.0. The molecule has 0 bridgehead atoms. The number of amides is 2. The number of benzene rings is 1. The third kappa shape index (κ3) is 3.26. The van der Waals surface area contributed by atoms with Crippen LogP contribution in [0.2, 0.25) is 0 Å². The molecular formula is C18H20N6O. The van der Waals surface area contributed by atoms with Crippen LogP contribution in [0.4, 0.5) is 10.5 Å². The zero-order chi connectivity index (χ0) is 17.2. The van der Waals surface area contributed by atoms with Gasteiger partial charge in [-0.2, -0.15) is 10.2 Å². The molecule has 0 unspecified atom stereocenters. The molecule has 7 nitrogen and oxygen atoms in total. The number of carbonyl (C=O) groups is 1. The van der Waals surface area contributed by atoms with Crippen molar-refractivity contribution in [2.45, 2.75) is 32.2 Å². The van der Waals surface area contributed by atoms with Gasteiger partial charge in [0, 0.05) is 36.2 Å². The first-order valence-corrected chi connectivity index (χ1v) is 8.38. The minimum atomic E-state index is -0.186. The molecule has 0 saturated carbocycles. The lowest BCUT2D eigenvalue weighted by Crippen LogP contribution is -2.41. The lowest BCUT2D eigenvalue weighted by atomic mass is 9.94. The fraction of sp³-hybridized carbons (Fsp3) is 0.278. The fourth-order valence-electron chi connectivity index (χ4n) is 3.18. The molecule has 25 heavy (non-hydrogen) atoms. The maximum atomic E-state index is 12.4. The highest BCUT2D eigenvalue weighted by Gasteiger charge is 2.21. The highest BCUT2D eigenvalue weighted by Crippen LogP contribution is 2.21. The molecule has 1 atom stereocenters. The van der Waals surface area contributed by atoms with Crippen molar-refractivity contribution in [3.63, 3.8) is 0 Å². The average Bonchev–Trinajstić information content (AvgIpc) is 3.27. The van der Waals surface area contributed by atoms with Gasteiger partial charge in [0.25, 0.3) is 0 Å². The van der Waals surface area contributed by atoms with Gasteiger partial charge in [-0.3, -0.25) is 5.10 Å². The summed E-state index contributed by atoms with van der Waals surface area (Å²) < 4.78 is 1.77. The summed E-state index contributed by atoms with van der Waals surface area (Å²) in [5.74, 6) is 0. The van der Waals surface area contributed by atoms with Crippen molar-refractivity contribution in [3.05, 3.63) is 59.7 Å². The van der Waals surface area contributed by atoms with Gasteiger partial charge in [0.2, 0.25) is 0 Å². The number of urea groups is 1. The van der Waals surface area contributed by atoms with Gasteiger partial charge in [-0.15, -0.1) is 0 Å². The Balaban J connectivity index is 1.43. The van der Waals surface area contributed by atoms with E-state index < -0.39 is 0 Å². The summed E-state index contributed by atoms with van der Waals surface area (Å²) in [7, 11) is 0. The Morgan fingerprint density at radius 3 is 3.16 bits per heavy atom. The van der Waals surface area contributed by atoms with Crippen LogP contribution in [0.15, 0.2) is 42.9 Å². The van der Waals surface area contributed by atoms with Crippen LogP contribution >= 0.6 is 0 Å². The molecule has 3 N–H and O–H groups in total. The number of aryl methyl sites for hydroxylation is 2. The molecule has 7 heteroatoms. The number of hydrogen-bond acceptors (Lipinski definition) is 3. The topological polar surface area (TPSA) is 87.6 Å². The monoisotopic (exact) mass is 336 g/mol. The van der Waals surface area contributed by atoms with Crippen molar-refractivity contribution in [3.8, 4) is 5.69 Å². The minimum Gasteiger partial charge on any atom is -0.335 e. The fourth-order valence-corrected chi connectivity index (χ4v) is 3.18. The first kappa shape index (κ1) is 15.4. The van der Waals surface area contributed by atoms with E-state index in [0.29, 0.717) is 0 Å². The Morgan fingerprint density at radius 2 is 2.32 bits per heavy atom. The number of fused-ring (bicyclic) bond motifs is 1. The summed E-state index contributed by atoms with van der Waals surface area (Å²) in [4.78, 5) is 12.4. The van der Waals surface area contributed by atoms with Crippen molar-refractivity contribution in [1.29, 1.82) is 0 Å². The Morgan fingerprint density at radius 1 is 1.40 bits per heavy atom. The molecule has 2 amide bonds. The van der Waals surface area contributed by atoms with Gasteiger partial charge in [-0.05, 0) is 49.1 Å². The van der Waals surface area contributed by atoms with Crippen LogP contribution in [0.1, 0.15) is 23.2 Å². The molecule has 4 rings (SSSR count). The SMILES string of the molecule is Cc1ccc(-n2cccn2)cc1NC(=O)N[C@@H]1CCc2cn[nH]c2C1. The number of hydrogen-bond donors (Lipinski definition) is 3. The van der Waals surface area contributed by atoms with Crippen molar-refractivity contribution >= 4 is 11.7 Å². The summed E-state index contributed by atoms with van der Waals surface area (Å²) in [6.07, 6.45) is 8.12. The van der Waals surface area contributed by atoms with Crippen LogP contribution in [0.25, 0.3) is 5.69 Å². The second kappa shape index (κ2) is 6.43. The number of carbonyl (C=O) groups excluding carboxylic acids is 1. The highest BCUT2D eigenvalue weighted by molar-refractivity contribution is 5.90. The van der Waals surface area contributed by atoms with Crippen molar-refractivity contribution < 1.29 is 4.79 Å². The summed E-state index contributed by atoms with van der Waals surface area (Å²) in [6, 6.07) is 7.68. The van der Waals surface area contributed by atoms with E-state index in [0.717, 1.165) is 41.9 Å². The lowest BCUT2D eigenvalue weighted by molar-refractivity contribution is 0.247. The number of rotatable bonds is 3. The summed E-state index contributed by atoms with van der Waals surface area (Å²) >= 11 is 0. The van der Waals surface area contributed by atoms with Crippen LogP contribution in [-0.2, 0) is 12.8 Å². The van der Waals surface area contributed by atoms with E-state index in [2.05, 4.69) is 25.9 Å². The summed E-state index contributed by atoms with van der Waals surface area (Å²) in [6.45, 7) is 1.97. The highest BCUT2D eigenvalue weighted by atomic mass is 16.2. The average molecular weight is 336 g/mol. The van der Waals surface area contributed by atoms with Gasteiger partial charge in [-0.25, -0.2) is 9.48 Å². The van der Waals surface area contributed by atoms with Crippen LogP contribution in [-0.4, -0.2) is 32.1 Å². The molecule has 1 aliphatic rings. The maximum Gasteiger partial charge on any atom is 0.319 e. The molecule has 0 aliphatic heterocycles. The second-order valence-corrected chi connectivity index (χ2v) is 6.36. The normalized spacial score (nSPS) is 16.3. The maximum absolute atomic E-state index is 12.4. The zero-order valence-corrected chi connectivity index (χ0v) is 14.0. The minimum absolute atomic E-state index is 0.113. The number of aromatic amines is 1. The number of aromatic nitrogens is 4. The standard InChI is InChI=1S/C18H20N6O/c1-12-3-6-15(24-8-2-7-20-24)10-16(12)22-18(25)21-14-5-4-13-11-19-23-17(13)9-14/h2-3,6-8,10-11,14H,4-5,9H2,1H3,(H,19,23)(H2,21,22,25)/t14-/m1/s1. The molecule has 3 aromatic rings. The number of anilines is 1. The van der Waals surface area contributed by atoms with Crippen molar-refractivity contribution in [2.75, 3.05) is 5.32 Å². The van der Waals surface area contributed by atoms with Crippen molar-refractivity contribution in [2.24, 2.45) is 0 Å². The molecule has 2 aromatic heterocycles. The van der Waals surface area contributed by atoms with Gasteiger partial charge in [0.15, 0.2) is 0 Å². The molecule has 0 saturated heterocycles. The van der Waals surface area contributed by atoms with E-state index in [1.165, 1.54) is 5.56 Å². The van der Waals surface area contributed by atoms with E-state index in [1.807, 2.05) is 43.6 Å². The second-order valence-electron chi connectivity index (χ2n) is 6.36. The van der Waals surface area contributed by atoms with E-state index in [4.69, 9.17) is 0 Å². The molecule has 0 spiro atoms. The lowest BCUT2D eigenvalue weighted by Gasteiger charge is -2.23. The molecule has 1 aliphatic carbocycles. The van der Waals surface area contributed by atoms with Crippen molar-refractivity contribution in [1.82, 2.24) is 25.3 Å². The predicted molar refractivity (Wildman–Crippen MR) is 94.9 cm³/mol. The van der Waals surface area contributed by atoms with Crippen LogP contribution < -0.4 is 10.6 Å². The summed E-state index contributed by atoms with van der Waals surface area (Å²) in [5, 5.41) is 17.3. The van der Waals surface area contributed by atoms with Crippen LogP contribution in [0, 0.1) is 6.92 Å². The first-order valence-electron chi connectivity index (χ1n) is 8.38. The van der Waals surface area contributed by atoms with Gasteiger partial charge in [0.05, 0.1) is 11.9 Å². The summed E-state index contributed by atoms with van der Waals surface area (Å²) in [5.41, 5.74) is 5.06. The van der Waals surface area contributed by atoms with E-state index in [-0.39, 0.29) is 12.1 Å². The third-order valence-corrected chi connectivity index (χ3v) is 4.59. The smallest absolute Gasteiger partial charge is 0.319 e. The Bertz CT molecular complexity index is 883. The first-order chi connectivity index (χ1) is 12.2. The van der Waals surface area contributed by atoms with Gasteiger partial charge in [-0.1, -0.05) is 6.07 Å². The van der Waals surface area contributed by atoms with Gasteiger partial charge < -0.3 is 10.6 Å². The Labute approximate surface area is 145 Å². The van der Waals surface area contributed by atoms with E-state index in [1.54, 1.807) is 10.9 Å². The third-order valence-electron chi connectivity index (χ3n) is 4.59. The number of H-pyrrole nitrogens is 1. The van der Waals surface area contributed by atoms with E-state index >= 15 is 0 Å². The molecule has 0 radical (unpaired) electrons. The predicted octanol–water partition coefficient (Wildman–Crippen LogP) is 2.58. The molecule has 2 heterocycles. The Hall–Kier alpha value is -3.09. The quantitative estimate of drug-likeness (QED) is 0.687. The van der Waals surface area contributed by atoms with Gasteiger partial charge in [0.1, 0.15) is 0 Å².